The zero-order valence-electron chi connectivity index (χ0n) is 9.33. The van der Waals surface area contributed by atoms with E-state index in [1.165, 1.54) is 6.19 Å². The number of nitrogens with one attached hydrogen (secondary N) is 2. The Morgan fingerprint density at radius 3 is 3.06 bits per heavy atom. The molecule has 0 aromatic heterocycles. The van der Waals surface area contributed by atoms with Crippen LogP contribution in [-0.4, -0.2) is 18.9 Å². The van der Waals surface area contributed by atoms with Gasteiger partial charge in [-0.15, -0.1) is 0 Å². The summed E-state index contributed by atoms with van der Waals surface area (Å²) in [5, 5.41) is 19.9. The van der Waals surface area contributed by atoms with E-state index in [0.29, 0.717) is 17.5 Å². The standard InChI is InChI=1S/C11H10N5O2/c12-7-15-16-8-14-10-3-1-2-9(6-10)11(18)13-4-5-17/h1-6,14H,8H2,(H,13,18). The first kappa shape index (κ1) is 13.3. The summed E-state index contributed by atoms with van der Waals surface area (Å²) in [4.78, 5) is 21.6. The Morgan fingerprint density at radius 1 is 1.50 bits per heavy atom. The molecular weight excluding hydrogens is 234 g/mol. The van der Waals surface area contributed by atoms with Gasteiger partial charge < -0.3 is 15.4 Å². The highest BCUT2D eigenvalue weighted by Crippen LogP contribution is 2.10. The molecule has 18 heavy (non-hydrogen) atoms. The molecule has 0 bridgehead atoms. The Hall–Kier alpha value is -2.75. The Balaban J connectivity index is 2.61. The van der Waals surface area contributed by atoms with Gasteiger partial charge >= 0.3 is 0 Å². The van der Waals surface area contributed by atoms with Gasteiger partial charge in [-0.3, -0.25) is 4.79 Å². The quantitative estimate of drug-likeness (QED) is 0.443. The fraction of sp³-hybridized carbons (Fsp3) is 0.0909. The highest BCUT2D eigenvalue weighted by Gasteiger charge is 2.04. The number of azo groups is 1. The van der Waals surface area contributed by atoms with Crippen molar-refractivity contribution in [2.24, 2.45) is 10.2 Å². The summed E-state index contributed by atoms with van der Waals surface area (Å²) in [6, 6.07) is 6.62. The number of benzene rings is 1. The number of amides is 1. The summed E-state index contributed by atoms with van der Waals surface area (Å²) in [6.45, 7) is 1.16. The molecule has 0 heterocycles. The van der Waals surface area contributed by atoms with Crippen molar-refractivity contribution in [2.75, 3.05) is 12.0 Å². The number of hydrogen-bond donors (Lipinski definition) is 2. The number of aldehydes is 1. The van der Waals surface area contributed by atoms with E-state index in [4.69, 9.17) is 5.26 Å². The smallest absolute Gasteiger partial charge is 0.252 e. The SMILES string of the molecule is N#CN=NCNc1cccc(C(=O)N[CH]C=O)c1. The lowest BCUT2D eigenvalue weighted by atomic mass is 10.2. The molecule has 0 saturated carbocycles. The van der Waals surface area contributed by atoms with Gasteiger partial charge in [0, 0.05) is 11.3 Å². The summed E-state index contributed by atoms with van der Waals surface area (Å²) in [5.74, 6) is -0.385. The highest BCUT2D eigenvalue weighted by molar-refractivity contribution is 5.96. The molecule has 0 aliphatic heterocycles. The van der Waals surface area contributed by atoms with E-state index in [1.807, 2.05) is 0 Å². The van der Waals surface area contributed by atoms with Crippen LogP contribution in [0.3, 0.4) is 0 Å². The van der Waals surface area contributed by atoms with Crippen LogP contribution in [0, 0.1) is 18.0 Å². The molecule has 1 radical (unpaired) electrons. The van der Waals surface area contributed by atoms with E-state index < -0.39 is 0 Å². The summed E-state index contributed by atoms with van der Waals surface area (Å²) in [5.41, 5.74) is 1.06. The minimum atomic E-state index is -0.385. The van der Waals surface area contributed by atoms with Crippen LogP contribution in [0.4, 0.5) is 5.69 Å². The van der Waals surface area contributed by atoms with Crippen LogP contribution in [-0.2, 0) is 4.79 Å². The van der Waals surface area contributed by atoms with Crippen LogP contribution in [0.15, 0.2) is 34.5 Å². The molecule has 1 aromatic carbocycles. The van der Waals surface area contributed by atoms with Crippen LogP contribution >= 0.6 is 0 Å². The largest absolute Gasteiger partial charge is 0.365 e. The summed E-state index contributed by atoms with van der Waals surface area (Å²) in [6.07, 6.45) is 2.01. The van der Waals surface area contributed by atoms with Crippen molar-refractivity contribution < 1.29 is 9.59 Å². The zero-order chi connectivity index (χ0) is 13.2. The minimum Gasteiger partial charge on any atom is -0.365 e. The van der Waals surface area contributed by atoms with Crippen molar-refractivity contribution in [3.63, 3.8) is 0 Å². The van der Waals surface area contributed by atoms with Crippen LogP contribution in [0.5, 0.6) is 0 Å². The molecule has 0 saturated heterocycles. The van der Waals surface area contributed by atoms with E-state index in [0.717, 1.165) is 6.54 Å². The predicted molar refractivity (Wildman–Crippen MR) is 63.2 cm³/mol. The van der Waals surface area contributed by atoms with E-state index >= 15 is 0 Å². The molecule has 1 rings (SSSR count). The summed E-state index contributed by atoms with van der Waals surface area (Å²) in [7, 11) is 0. The van der Waals surface area contributed by atoms with Crippen molar-refractivity contribution in [3.05, 3.63) is 36.4 Å². The Bertz CT molecular complexity index is 492. The van der Waals surface area contributed by atoms with E-state index in [9.17, 15) is 9.59 Å². The number of carbonyl (C=O) groups excluding carboxylic acids is 2. The van der Waals surface area contributed by atoms with Crippen molar-refractivity contribution in [1.82, 2.24) is 5.32 Å². The molecule has 0 atom stereocenters. The number of nitrogens with zero attached hydrogens (tertiary/aromatic N) is 3. The lowest BCUT2D eigenvalue weighted by Gasteiger charge is -2.05. The van der Waals surface area contributed by atoms with Gasteiger partial charge in [0.25, 0.3) is 5.91 Å². The average Bonchev–Trinajstić information content (AvgIpc) is 2.41. The predicted octanol–water partition coefficient (Wildman–Crippen LogP) is 1.08. The molecule has 1 amide bonds. The van der Waals surface area contributed by atoms with Gasteiger partial charge in [0.2, 0.25) is 6.19 Å². The zero-order valence-corrected chi connectivity index (χ0v) is 9.33. The first-order valence-electron chi connectivity index (χ1n) is 4.95. The molecular formula is C11H10N5O2. The third-order valence-corrected chi connectivity index (χ3v) is 1.88. The molecule has 0 spiro atoms. The number of nitriles is 1. The van der Waals surface area contributed by atoms with E-state index in [2.05, 4.69) is 20.9 Å². The summed E-state index contributed by atoms with van der Waals surface area (Å²) < 4.78 is 0. The average molecular weight is 244 g/mol. The van der Waals surface area contributed by atoms with Crippen LogP contribution in [0.25, 0.3) is 0 Å². The fourth-order valence-electron chi connectivity index (χ4n) is 1.16. The maximum absolute atomic E-state index is 11.5. The number of carbonyl (C=O) groups is 2. The molecule has 7 heteroatoms. The normalized spacial score (nSPS) is 9.72. The van der Waals surface area contributed by atoms with Crippen molar-refractivity contribution in [2.45, 2.75) is 0 Å². The molecule has 0 aliphatic carbocycles. The Morgan fingerprint density at radius 2 is 2.33 bits per heavy atom. The van der Waals surface area contributed by atoms with Gasteiger partial charge in [-0.05, 0) is 18.2 Å². The molecule has 7 nitrogen and oxygen atoms in total. The van der Waals surface area contributed by atoms with Crippen molar-refractivity contribution in [1.29, 1.82) is 5.26 Å². The number of rotatable bonds is 6. The first-order chi connectivity index (χ1) is 8.77. The Labute approximate surface area is 104 Å². The van der Waals surface area contributed by atoms with Crippen molar-refractivity contribution in [3.8, 4) is 6.19 Å². The maximum atomic E-state index is 11.5. The maximum Gasteiger partial charge on any atom is 0.252 e. The third-order valence-electron chi connectivity index (χ3n) is 1.88. The second-order valence-electron chi connectivity index (χ2n) is 3.03. The van der Waals surface area contributed by atoms with Crippen LogP contribution in [0.2, 0.25) is 0 Å². The molecule has 2 N–H and O–H groups in total. The minimum absolute atomic E-state index is 0.138. The van der Waals surface area contributed by atoms with E-state index in [1.54, 1.807) is 24.3 Å². The van der Waals surface area contributed by atoms with Gasteiger partial charge in [0.15, 0.2) is 0 Å². The van der Waals surface area contributed by atoms with Gasteiger partial charge in [0.1, 0.15) is 19.5 Å². The molecule has 91 valence electrons. The second-order valence-corrected chi connectivity index (χ2v) is 3.03. The topological polar surface area (TPSA) is 107 Å². The second kappa shape index (κ2) is 7.51. The molecule has 1 aromatic rings. The van der Waals surface area contributed by atoms with Gasteiger partial charge in [-0.1, -0.05) is 11.2 Å². The van der Waals surface area contributed by atoms with Gasteiger partial charge in [-0.25, -0.2) is 0 Å². The van der Waals surface area contributed by atoms with Crippen LogP contribution in [0.1, 0.15) is 10.4 Å². The van der Waals surface area contributed by atoms with Gasteiger partial charge in [0.05, 0.1) is 0 Å². The van der Waals surface area contributed by atoms with Crippen molar-refractivity contribution >= 4 is 17.9 Å². The molecule has 0 aliphatic rings. The molecule has 0 fully saturated rings. The highest BCUT2D eigenvalue weighted by atomic mass is 16.2. The lowest BCUT2D eigenvalue weighted by Crippen LogP contribution is -2.21. The lowest BCUT2D eigenvalue weighted by molar-refractivity contribution is -0.105. The monoisotopic (exact) mass is 244 g/mol. The van der Waals surface area contributed by atoms with Crippen LogP contribution < -0.4 is 10.6 Å². The first-order valence-corrected chi connectivity index (χ1v) is 4.95. The Kier molecular flexibility index (Phi) is 5.56. The van der Waals surface area contributed by atoms with E-state index in [-0.39, 0.29) is 12.6 Å². The third kappa shape index (κ3) is 4.40. The molecule has 0 unspecified atom stereocenters. The number of hydrogen-bond acceptors (Lipinski definition) is 6. The number of anilines is 1. The van der Waals surface area contributed by atoms with Gasteiger partial charge in [-0.2, -0.15) is 10.4 Å². The summed E-state index contributed by atoms with van der Waals surface area (Å²) >= 11 is 0. The fourth-order valence-corrected chi connectivity index (χ4v) is 1.16.